The molecule has 1 aromatic carbocycles. The van der Waals surface area contributed by atoms with Gasteiger partial charge in [0.2, 0.25) is 0 Å². The molecule has 0 aliphatic carbocycles. The highest BCUT2D eigenvalue weighted by Gasteiger charge is 2.25. The zero-order valence-corrected chi connectivity index (χ0v) is 12.8. The molecule has 3 heteroatoms. The van der Waals surface area contributed by atoms with Crippen molar-refractivity contribution in [3.8, 4) is 5.75 Å². The summed E-state index contributed by atoms with van der Waals surface area (Å²) in [6, 6.07) is 9.99. The lowest BCUT2D eigenvalue weighted by Crippen LogP contribution is -2.26. The highest BCUT2D eigenvalue weighted by atomic mass is 79.9. The lowest BCUT2D eigenvalue weighted by molar-refractivity contribution is 0.232. The minimum absolute atomic E-state index is 0.314. The van der Waals surface area contributed by atoms with E-state index in [0.717, 1.165) is 35.9 Å². The van der Waals surface area contributed by atoms with Crippen molar-refractivity contribution in [2.45, 2.75) is 19.8 Å². The van der Waals surface area contributed by atoms with E-state index in [0.29, 0.717) is 5.41 Å². The summed E-state index contributed by atoms with van der Waals surface area (Å²) in [6.07, 6.45) is 2.22. The van der Waals surface area contributed by atoms with Crippen LogP contribution in [-0.2, 0) is 0 Å². The molecule has 16 heavy (non-hydrogen) atoms. The lowest BCUT2D eigenvalue weighted by atomic mass is 9.87. The summed E-state index contributed by atoms with van der Waals surface area (Å²) in [5.41, 5.74) is 0.314. The fourth-order valence-electron chi connectivity index (χ4n) is 1.44. The Kier molecular flexibility index (Phi) is 6.44. The first-order valence-electron chi connectivity index (χ1n) is 5.56. The van der Waals surface area contributed by atoms with Gasteiger partial charge in [-0.1, -0.05) is 57.0 Å². The molecule has 0 N–H and O–H groups in total. The van der Waals surface area contributed by atoms with Crippen molar-refractivity contribution in [2.24, 2.45) is 5.41 Å². The van der Waals surface area contributed by atoms with Crippen molar-refractivity contribution < 1.29 is 4.74 Å². The van der Waals surface area contributed by atoms with Crippen LogP contribution >= 0.6 is 31.9 Å². The van der Waals surface area contributed by atoms with Crippen LogP contribution in [-0.4, -0.2) is 17.3 Å². The average molecular weight is 350 g/mol. The summed E-state index contributed by atoms with van der Waals surface area (Å²) in [4.78, 5) is 0. The van der Waals surface area contributed by atoms with Gasteiger partial charge in [-0.3, -0.25) is 0 Å². The van der Waals surface area contributed by atoms with E-state index in [1.165, 1.54) is 0 Å². The van der Waals surface area contributed by atoms with Crippen LogP contribution in [0.2, 0.25) is 0 Å². The molecule has 0 atom stereocenters. The summed E-state index contributed by atoms with van der Waals surface area (Å²) in [7, 11) is 0. The molecule has 0 saturated carbocycles. The Morgan fingerprint density at radius 2 is 1.75 bits per heavy atom. The highest BCUT2D eigenvalue weighted by Crippen LogP contribution is 2.31. The van der Waals surface area contributed by atoms with Crippen molar-refractivity contribution >= 4 is 31.9 Å². The molecule has 1 nitrogen and oxygen atoms in total. The fraction of sp³-hybridized carbons (Fsp3) is 0.538. The highest BCUT2D eigenvalue weighted by molar-refractivity contribution is 9.09. The van der Waals surface area contributed by atoms with Crippen LogP contribution in [0.5, 0.6) is 5.75 Å². The third-order valence-electron chi connectivity index (χ3n) is 2.96. The zero-order chi connectivity index (χ0) is 11.9. The van der Waals surface area contributed by atoms with Gasteiger partial charge in [-0.2, -0.15) is 0 Å². The second kappa shape index (κ2) is 7.33. The number of para-hydroxylation sites is 1. The summed E-state index contributed by atoms with van der Waals surface area (Å²) >= 11 is 7.19. The topological polar surface area (TPSA) is 9.23 Å². The Morgan fingerprint density at radius 1 is 1.12 bits per heavy atom. The van der Waals surface area contributed by atoms with Gasteiger partial charge in [0.15, 0.2) is 0 Å². The number of hydrogen-bond acceptors (Lipinski definition) is 1. The smallest absolute Gasteiger partial charge is 0.119 e. The molecular weight excluding hydrogens is 332 g/mol. The van der Waals surface area contributed by atoms with Gasteiger partial charge in [0.05, 0.1) is 6.61 Å². The number of benzene rings is 1. The predicted octanol–water partition coefficient (Wildman–Crippen LogP) is 4.64. The molecule has 0 radical (unpaired) electrons. The van der Waals surface area contributed by atoms with Crippen LogP contribution in [0, 0.1) is 5.41 Å². The quantitative estimate of drug-likeness (QED) is 0.651. The Labute approximate surface area is 115 Å². The third kappa shape index (κ3) is 4.10. The van der Waals surface area contributed by atoms with E-state index in [2.05, 4.69) is 38.8 Å². The van der Waals surface area contributed by atoms with Gasteiger partial charge in [-0.05, 0) is 30.4 Å². The summed E-state index contributed by atoms with van der Waals surface area (Å²) < 4.78 is 5.73. The molecule has 0 bridgehead atoms. The van der Waals surface area contributed by atoms with E-state index in [1.54, 1.807) is 0 Å². The fourth-order valence-corrected chi connectivity index (χ4v) is 3.72. The molecule has 0 aliphatic rings. The van der Waals surface area contributed by atoms with Gasteiger partial charge in [-0.15, -0.1) is 0 Å². The molecular formula is C13H18Br2O. The minimum Gasteiger partial charge on any atom is -0.494 e. The SMILES string of the molecule is CCC(CBr)(CBr)CCOc1ccccc1. The minimum atomic E-state index is 0.314. The zero-order valence-electron chi connectivity index (χ0n) is 9.59. The van der Waals surface area contributed by atoms with Crippen molar-refractivity contribution in [1.82, 2.24) is 0 Å². The van der Waals surface area contributed by atoms with Gasteiger partial charge < -0.3 is 4.74 Å². The Bertz CT molecular complexity index is 275. The first kappa shape index (κ1) is 14.0. The van der Waals surface area contributed by atoms with Gasteiger partial charge in [0.25, 0.3) is 0 Å². The maximum Gasteiger partial charge on any atom is 0.119 e. The molecule has 0 fully saturated rings. The molecule has 0 heterocycles. The largest absolute Gasteiger partial charge is 0.494 e. The van der Waals surface area contributed by atoms with Gasteiger partial charge in [0.1, 0.15) is 5.75 Å². The van der Waals surface area contributed by atoms with Crippen LogP contribution in [0.3, 0.4) is 0 Å². The van der Waals surface area contributed by atoms with E-state index in [1.807, 2.05) is 30.3 Å². The first-order valence-corrected chi connectivity index (χ1v) is 7.80. The maximum absolute atomic E-state index is 5.73. The Hall–Kier alpha value is -0.0200. The average Bonchev–Trinajstić information content (AvgIpc) is 2.37. The molecule has 0 aromatic heterocycles. The second-order valence-electron chi connectivity index (χ2n) is 4.03. The molecule has 1 aromatic rings. The number of hydrogen-bond donors (Lipinski definition) is 0. The third-order valence-corrected chi connectivity index (χ3v) is 5.34. The molecule has 0 spiro atoms. The lowest BCUT2D eigenvalue weighted by Gasteiger charge is -2.28. The molecule has 1 rings (SSSR count). The molecule has 0 amide bonds. The monoisotopic (exact) mass is 348 g/mol. The van der Waals surface area contributed by atoms with Crippen molar-refractivity contribution in [3.63, 3.8) is 0 Å². The second-order valence-corrected chi connectivity index (χ2v) is 5.15. The Balaban J connectivity index is 2.39. The van der Waals surface area contributed by atoms with Crippen molar-refractivity contribution in [1.29, 1.82) is 0 Å². The van der Waals surface area contributed by atoms with Crippen LogP contribution in [0.4, 0.5) is 0 Å². The molecule has 0 unspecified atom stereocenters. The number of ether oxygens (including phenoxy) is 1. The summed E-state index contributed by atoms with van der Waals surface area (Å²) in [6.45, 7) is 3.00. The van der Waals surface area contributed by atoms with E-state index in [4.69, 9.17) is 4.74 Å². The number of alkyl halides is 2. The van der Waals surface area contributed by atoms with Gasteiger partial charge >= 0.3 is 0 Å². The van der Waals surface area contributed by atoms with Crippen LogP contribution in [0.15, 0.2) is 30.3 Å². The Morgan fingerprint density at radius 3 is 2.25 bits per heavy atom. The van der Waals surface area contributed by atoms with Crippen molar-refractivity contribution in [3.05, 3.63) is 30.3 Å². The molecule has 0 aliphatic heterocycles. The molecule has 90 valence electrons. The standard InChI is InChI=1S/C13H18Br2O/c1-2-13(10-14,11-15)8-9-16-12-6-4-3-5-7-12/h3-7H,2,8-11H2,1H3. The van der Waals surface area contributed by atoms with Gasteiger partial charge in [0, 0.05) is 10.7 Å². The number of rotatable bonds is 7. The first-order chi connectivity index (χ1) is 7.76. The van der Waals surface area contributed by atoms with E-state index >= 15 is 0 Å². The van der Waals surface area contributed by atoms with Gasteiger partial charge in [-0.25, -0.2) is 0 Å². The maximum atomic E-state index is 5.73. The van der Waals surface area contributed by atoms with Crippen LogP contribution < -0.4 is 4.74 Å². The van der Waals surface area contributed by atoms with Crippen molar-refractivity contribution in [2.75, 3.05) is 17.3 Å². The van der Waals surface area contributed by atoms with E-state index in [-0.39, 0.29) is 0 Å². The van der Waals surface area contributed by atoms with E-state index < -0.39 is 0 Å². The van der Waals surface area contributed by atoms with Crippen LogP contribution in [0.25, 0.3) is 0 Å². The number of halogens is 2. The molecule has 0 saturated heterocycles. The summed E-state index contributed by atoms with van der Waals surface area (Å²) in [5.74, 6) is 0.955. The van der Waals surface area contributed by atoms with E-state index in [9.17, 15) is 0 Å². The predicted molar refractivity (Wildman–Crippen MR) is 76.9 cm³/mol. The normalized spacial score (nSPS) is 11.4. The summed E-state index contributed by atoms with van der Waals surface area (Å²) in [5, 5.41) is 2.03. The van der Waals surface area contributed by atoms with Crippen LogP contribution in [0.1, 0.15) is 19.8 Å².